The zero-order chi connectivity index (χ0) is 43.0. The van der Waals surface area contributed by atoms with Gasteiger partial charge in [-0.3, -0.25) is 0 Å². The number of benzene rings is 4. The Kier molecular flexibility index (Phi) is 23.8. The van der Waals surface area contributed by atoms with E-state index in [1.165, 1.54) is 180 Å². The standard InChI is InChI=1S/2C28H37Si.2CH3.2ClH.Si.Zr/c2*1-5-28(17-8-6-7-9-18-28)21-22-19-24-11-10-12-26(27(24)20-22)23-13-15-25(16-14-23)29(2,3)4;;;;;;/h2*10-16,19-20H,5-9,17-18,21H2,1-4H3;2*1H3;2*1H;;/q4*-1;;;;. The van der Waals surface area contributed by atoms with Crippen LogP contribution in [0.3, 0.4) is 0 Å². The van der Waals surface area contributed by atoms with Crippen LogP contribution in [0.15, 0.2) is 109 Å². The molecular formula is C58H82Cl2Si3Zr-4. The van der Waals surface area contributed by atoms with Gasteiger partial charge >= 0.3 is 30.2 Å². The molecule has 2 aliphatic carbocycles. The van der Waals surface area contributed by atoms with Gasteiger partial charge in [0.1, 0.15) is 0 Å². The van der Waals surface area contributed by atoms with Crippen LogP contribution in [0.1, 0.15) is 115 Å². The van der Waals surface area contributed by atoms with Crippen LogP contribution in [0, 0.1) is 25.7 Å². The molecule has 0 nitrogen and oxygen atoms in total. The monoisotopic (exact) mass is 1020 g/mol. The van der Waals surface area contributed by atoms with Gasteiger partial charge in [0.2, 0.25) is 0 Å². The molecule has 6 aromatic rings. The van der Waals surface area contributed by atoms with Crippen molar-refractivity contribution in [3.63, 3.8) is 0 Å². The van der Waals surface area contributed by atoms with Gasteiger partial charge in [-0.05, 0) is 60.5 Å². The molecule has 348 valence electrons. The molecule has 0 aliphatic heterocycles. The predicted octanol–water partition coefficient (Wildman–Crippen LogP) is 17.5. The Balaban J connectivity index is 0.000000400. The Morgan fingerprint density at radius 1 is 0.484 bits per heavy atom. The average Bonchev–Trinajstić information content (AvgIpc) is 3.67. The van der Waals surface area contributed by atoms with Crippen LogP contribution >= 0.6 is 24.8 Å². The van der Waals surface area contributed by atoms with Gasteiger partial charge in [-0.15, -0.1) is 93.9 Å². The first-order chi connectivity index (χ1) is 28.8. The molecule has 6 heteroatoms. The first-order valence-corrected chi connectivity index (χ1v) is 34.8. The number of hydrogen-bond acceptors (Lipinski definition) is 0. The normalized spacial score (nSPS) is 15.8. The number of rotatable bonds is 10. The van der Waals surface area contributed by atoms with Gasteiger partial charge in [-0.25, -0.2) is 0 Å². The van der Waals surface area contributed by atoms with Gasteiger partial charge in [-0.2, -0.15) is 12.1 Å². The number of hydrogen-bond donors (Lipinski definition) is 0. The van der Waals surface area contributed by atoms with E-state index in [0.717, 1.165) is 0 Å². The second kappa shape index (κ2) is 26.1. The van der Waals surface area contributed by atoms with Crippen LogP contribution in [-0.2, 0) is 36.2 Å². The Hall–Kier alpha value is -1.79. The molecule has 0 bridgehead atoms. The van der Waals surface area contributed by atoms with E-state index < -0.39 is 16.1 Å². The summed E-state index contributed by atoms with van der Waals surface area (Å²) in [5.41, 5.74) is 9.65. The van der Waals surface area contributed by atoms with Crippen LogP contribution in [0.25, 0.3) is 43.8 Å². The van der Waals surface area contributed by atoms with Crippen molar-refractivity contribution in [3.8, 4) is 22.3 Å². The van der Waals surface area contributed by atoms with Gasteiger partial charge in [0.15, 0.2) is 0 Å². The maximum atomic E-state index is 3.06. The molecule has 64 heavy (non-hydrogen) atoms. The third kappa shape index (κ3) is 14.6. The average molecular weight is 1030 g/mol. The molecule has 0 spiro atoms. The summed E-state index contributed by atoms with van der Waals surface area (Å²) in [4.78, 5) is 0. The summed E-state index contributed by atoms with van der Waals surface area (Å²) < 4.78 is 0. The summed E-state index contributed by atoms with van der Waals surface area (Å²) in [6, 6.07) is 42.4. The van der Waals surface area contributed by atoms with E-state index in [4.69, 9.17) is 0 Å². The summed E-state index contributed by atoms with van der Waals surface area (Å²) in [6.07, 6.45) is 22.2. The van der Waals surface area contributed by atoms with Gasteiger partial charge < -0.3 is 14.9 Å². The summed E-state index contributed by atoms with van der Waals surface area (Å²) in [6.45, 7) is 22.4. The van der Waals surface area contributed by atoms with Crippen LogP contribution in [0.2, 0.25) is 39.3 Å². The van der Waals surface area contributed by atoms with Crippen molar-refractivity contribution >= 4 is 79.8 Å². The van der Waals surface area contributed by atoms with Crippen molar-refractivity contribution < 1.29 is 23.3 Å². The van der Waals surface area contributed by atoms with Crippen LogP contribution in [0.4, 0.5) is 0 Å². The fourth-order valence-electron chi connectivity index (χ4n) is 10.7. The summed E-state index contributed by atoms with van der Waals surface area (Å²) in [5.74, 6) is 0. The fourth-order valence-corrected chi connectivity index (χ4v) is 13.1. The minimum absolute atomic E-state index is 0. The third-order valence-corrected chi connectivity index (χ3v) is 18.9. The van der Waals surface area contributed by atoms with Gasteiger partial charge in [0, 0.05) is 0 Å². The molecule has 2 radical (unpaired) electrons. The van der Waals surface area contributed by atoms with Crippen molar-refractivity contribution in [2.75, 3.05) is 0 Å². The molecule has 8 rings (SSSR count). The molecule has 0 unspecified atom stereocenters. The summed E-state index contributed by atoms with van der Waals surface area (Å²) in [7, 11) is -2.50. The molecule has 2 aliphatic rings. The topological polar surface area (TPSA) is 0 Å². The van der Waals surface area contributed by atoms with Crippen molar-refractivity contribution in [1.82, 2.24) is 0 Å². The quantitative estimate of drug-likeness (QED) is 0.0729. The van der Waals surface area contributed by atoms with E-state index in [-0.39, 0.29) is 39.7 Å². The van der Waals surface area contributed by atoms with Gasteiger partial charge in [0.05, 0.1) is 16.1 Å². The summed E-state index contributed by atoms with van der Waals surface area (Å²) in [5, 5.41) is 8.76. The molecule has 0 N–H and O–H groups in total. The van der Waals surface area contributed by atoms with E-state index in [0.29, 0.717) is 10.8 Å². The summed E-state index contributed by atoms with van der Waals surface area (Å²) >= 11 is 1.36. The Morgan fingerprint density at radius 2 is 0.797 bits per heavy atom. The van der Waals surface area contributed by atoms with Crippen LogP contribution < -0.4 is 10.4 Å². The number of halogens is 2. The van der Waals surface area contributed by atoms with E-state index in [9.17, 15) is 0 Å². The van der Waals surface area contributed by atoms with Crippen LogP contribution in [-0.4, -0.2) is 23.0 Å². The predicted molar refractivity (Wildman–Crippen MR) is 297 cm³/mol. The maximum absolute atomic E-state index is 3.06. The molecule has 0 heterocycles. The molecule has 2 fully saturated rings. The Morgan fingerprint density at radius 3 is 1.08 bits per heavy atom. The SMILES string of the molecule is CCC1(Cc2cc3c(-c4ccc([Si](C)(C)C)cc4)cccc3[cH-]2)CCCCCC1.CCC1(Cc2cc3c(-c4ccc([Si](C)(C)C)cc4)cccc3[cH-]2)CCCCCC1.Cl.Cl.[CH3-].[CH3-].[Si]=[Zr]. The Bertz CT molecular complexity index is 2090. The molecule has 0 aromatic heterocycles. The van der Waals surface area contributed by atoms with Crippen LogP contribution in [0.5, 0.6) is 0 Å². The van der Waals surface area contributed by atoms with E-state index in [1.807, 2.05) is 0 Å². The zero-order valence-corrected chi connectivity index (χ0v) is 48.6. The molecule has 2 saturated carbocycles. The second-order valence-electron chi connectivity index (χ2n) is 20.9. The van der Waals surface area contributed by atoms with E-state index in [1.54, 1.807) is 11.1 Å². The second-order valence-corrected chi connectivity index (χ2v) is 31.0. The molecule has 6 aromatic carbocycles. The molecule has 0 amide bonds. The first kappa shape index (κ1) is 58.3. The fraction of sp³-hybridized carbons (Fsp3) is 0.448. The first-order valence-electron chi connectivity index (χ1n) is 23.6. The minimum atomic E-state index is -1.25. The molecule has 0 atom stereocenters. The van der Waals surface area contributed by atoms with Gasteiger partial charge in [-0.1, -0.05) is 200 Å². The molecule has 0 saturated heterocycles. The van der Waals surface area contributed by atoms with Crippen molar-refractivity contribution in [2.45, 2.75) is 156 Å². The molecular weight excluding hydrogens is 943 g/mol. The zero-order valence-electron chi connectivity index (χ0n) is 41.5. The van der Waals surface area contributed by atoms with Crippen molar-refractivity contribution in [1.29, 1.82) is 0 Å². The van der Waals surface area contributed by atoms with Crippen molar-refractivity contribution in [2.24, 2.45) is 10.8 Å². The number of fused-ring (bicyclic) bond motifs is 2. The Labute approximate surface area is 423 Å². The van der Waals surface area contributed by atoms with E-state index >= 15 is 0 Å². The third-order valence-electron chi connectivity index (χ3n) is 14.7. The van der Waals surface area contributed by atoms with E-state index in [2.05, 4.69) is 169 Å². The van der Waals surface area contributed by atoms with Crippen molar-refractivity contribution in [3.05, 3.63) is 135 Å². The van der Waals surface area contributed by atoms with Gasteiger partial charge in [0.25, 0.3) is 0 Å².